The van der Waals surface area contributed by atoms with Crippen LogP contribution in [0.2, 0.25) is 0 Å². The number of likely N-dealkylation sites (tertiary alicyclic amines) is 1. The van der Waals surface area contributed by atoms with Crippen LogP contribution in [-0.2, 0) is 9.53 Å². The molecule has 4 heteroatoms. The zero-order valence-corrected chi connectivity index (χ0v) is 11.4. The van der Waals surface area contributed by atoms with Gasteiger partial charge in [0, 0.05) is 19.1 Å². The number of hydrogen-bond donors (Lipinski definition) is 1. The second-order valence-electron chi connectivity index (χ2n) is 5.82. The Labute approximate surface area is 110 Å². The van der Waals surface area contributed by atoms with Crippen LogP contribution < -0.4 is 5.73 Å². The Hall–Kier alpha value is -0.610. The van der Waals surface area contributed by atoms with Crippen molar-refractivity contribution in [3.05, 3.63) is 0 Å². The molecule has 1 heterocycles. The molecule has 2 aliphatic rings. The number of rotatable bonds is 3. The van der Waals surface area contributed by atoms with Crippen LogP contribution in [0.5, 0.6) is 0 Å². The van der Waals surface area contributed by atoms with E-state index in [1.807, 2.05) is 0 Å². The minimum atomic E-state index is -0.110. The van der Waals surface area contributed by atoms with Gasteiger partial charge in [-0.05, 0) is 31.6 Å². The van der Waals surface area contributed by atoms with Gasteiger partial charge >= 0.3 is 5.97 Å². The summed E-state index contributed by atoms with van der Waals surface area (Å²) < 4.78 is 4.92. The lowest BCUT2D eigenvalue weighted by Gasteiger charge is -2.39. The van der Waals surface area contributed by atoms with Crippen molar-refractivity contribution < 1.29 is 9.53 Å². The number of methoxy groups -OCH3 is 1. The second kappa shape index (κ2) is 6.53. The molecule has 0 amide bonds. The summed E-state index contributed by atoms with van der Waals surface area (Å²) in [6.45, 7) is 1.99. The van der Waals surface area contributed by atoms with Crippen molar-refractivity contribution in [3.63, 3.8) is 0 Å². The summed E-state index contributed by atoms with van der Waals surface area (Å²) in [6.07, 6.45) is 8.45. The fourth-order valence-electron chi connectivity index (χ4n) is 3.34. The van der Waals surface area contributed by atoms with Crippen LogP contribution >= 0.6 is 0 Å². The number of nitrogens with two attached hydrogens (primary N) is 1. The predicted octanol–water partition coefficient (Wildman–Crippen LogP) is 1.53. The van der Waals surface area contributed by atoms with Crippen molar-refractivity contribution in [2.24, 2.45) is 11.7 Å². The molecule has 1 aliphatic heterocycles. The number of carbonyl (C=O) groups is 1. The van der Waals surface area contributed by atoms with E-state index in [-0.39, 0.29) is 18.1 Å². The third-order valence-electron chi connectivity index (χ3n) is 4.44. The van der Waals surface area contributed by atoms with Gasteiger partial charge in [-0.1, -0.05) is 19.3 Å². The van der Waals surface area contributed by atoms with E-state index in [1.165, 1.54) is 39.2 Å². The molecule has 1 aliphatic carbocycles. The van der Waals surface area contributed by atoms with Gasteiger partial charge in [0.25, 0.3) is 0 Å². The molecule has 2 atom stereocenters. The van der Waals surface area contributed by atoms with Gasteiger partial charge in [0.15, 0.2) is 0 Å². The van der Waals surface area contributed by atoms with Crippen molar-refractivity contribution in [1.29, 1.82) is 0 Å². The third-order valence-corrected chi connectivity index (χ3v) is 4.44. The third kappa shape index (κ3) is 3.45. The summed E-state index contributed by atoms with van der Waals surface area (Å²) in [4.78, 5) is 14.2. The van der Waals surface area contributed by atoms with E-state index in [2.05, 4.69) is 4.90 Å². The van der Waals surface area contributed by atoms with Gasteiger partial charge in [-0.3, -0.25) is 9.69 Å². The smallest absolute Gasteiger partial charge is 0.323 e. The Morgan fingerprint density at radius 2 is 2.00 bits per heavy atom. The molecule has 4 nitrogen and oxygen atoms in total. The summed E-state index contributed by atoms with van der Waals surface area (Å²) in [5.74, 6) is 0.654. The van der Waals surface area contributed by atoms with E-state index in [4.69, 9.17) is 10.5 Å². The molecule has 1 saturated heterocycles. The number of esters is 1. The van der Waals surface area contributed by atoms with E-state index < -0.39 is 0 Å². The van der Waals surface area contributed by atoms with E-state index in [0.29, 0.717) is 0 Å². The first-order chi connectivity index (χ1) is 8.70. The molecule has 0 radical (unpaired) electrons. The van der Waals surface area contributed by atoms with Crippen molar-refractivity contribution in [2.45, 2.75) is 57.0 Å². The van der Waals surface area contributed by atoms with Crippen LogP contribution in [0.1, 0.15) is 44.9 Å². The second-order valence-corrected chi connectivity index (χ2v) is 5.82. The van der Waals surface area contributed by atoms with Crippen LogP contribution in [0.25, 0.3) is 0 Å². The average molecular weight is 254 g/mol. The normalized spacial score (nSPS) is 31.2. The highest BCUT2D eigenvalue weighted by Crippen LogP contribution is 2.27. The van der Waals surface area contributed by atoms with Gasteiger partial charge in [0.05, 0.1) is 7.11 Å². The maximum atomic E-state index is 11.8. The van der Waals surface area contributed by atoms with Crippen LogP contribution in [0.3, 0.4) is 0 Å². The minimum Gasteiger partial charge on any atom is -0.468 e. The van der Waals surface area contributed by atoms with Gasteiger partial charge < -0.3 is 10.5 Å². The maximum absolute atomic E-state index is 11.8. The van der Waals surface area contributed by atoms with Gasteiger partial charge in [0.1, 0.15) is 6.04 Å². The van der Waals surface area contributed by atoms with Crippen LogP contribution in [0, 0.1) is 5.92 Å². The molecule has 0 aromatic heterocycles. The Morgan fingerprint density at radius 1 is 1.28 bits per heavy atom. The summed E-state index contributed by atoms with van der Waals surface area (Å²) >= 11 is 0. The van der Waals surface area contributed by atoms with Crippen molar-refractivity contribution in [3.8, 4) is 0 Å². The number of piperidine rings is 1. The molecule has 0 bridgehead atoms. The van der Waals surface area contributed by atoms with Gasteiger partial charge in [-0.25, -0.2) is 0 Å². The summed E-state index contributed by atoms with van der Waals surface area (Å²) in [6, 6.07) is 0.0392. The SMILES string of the molecule is COC(=O)C1C[C@H](N)CCN1CC1CCCCC1. The molecule has 1 unspecified atom stereocenters. The molecule has 0 aromatic carbocycles. The average Bonchev–Trinajstić information content (AvgIpc) is 2.41. The number of ether oxygens (including phenoxy) is 1. The highest BCUT2D eigenvalue weighted by molar-refractivity contribution is 5.75. The van der Waals surface area contributed by atoms with E-state index >= 15 is 0 Å². The molecular weight excluding hydrogens is 228 g/mol. The lowest BCUT2D eigenvalue weighted by atomic mass is 9.87. The topological polar surface area (TPSA) is 55.6 Å². The molecule has 2 fully saturated rings. The molecule has 18 heavy (non-hydrogen) atoms. The molecule has 0 aromatic rings. The minimum absolute atomic E-state index is 0.110. The van der Waals surface area contributed by atoms with Crippen LogP contribution in [-0.4, -0.2) is 43.2 Å². The maximum Gasteiger partial charge on any atom is 0.323 e. The lowest BCUT2D eigenvalue weighted by Crippen LogP contribution is -2.52. The Morgan fingerprint density at radius 3 is 2.67 bits per heavy atom. The summed E-state index contributed by atoms with van der Waals surface area (Å²) in [7, 11) is 1.47. The Bertz CT molecular complexity index is 277. The molecule has 2 rings (SSSR count). The van der Waals surface area contributed by atoms with E-state index in [0.717, 1.165) is 31.8 Å². The fourth-order valence-corrected chi connectivity index (χ4v) is 3.34. The zero-order chi connectivity index (χ0) is 13.0. The van der Waals surface area contributed by atoms with E-state index in [1.54, 1.807) is 0 Å². The Balaban J connectivity index is 1.92. The lowest BCUT2D eigenvalue weighted by molar-refractivity contribution is -0.149. The molecule has 104 valence electrons. The van der Waals surface area contributed by atoms with Crippen molar-refractivity contribution in [2.75, 3.05) is 20.2 Å². The summed E-state index contributed by atoms with van der Waals surface area (Å²) in [5.41, 5.74) is 5.98. The first kappa shape index (κ1) is 13.8. The fraction of sp³-hybridized carbons (Fsp3) is 0.929. The number of nitrogens with zero attached hydrogens (tertiary/aromatic N) is 1. The number of hydrogen-bond acceptors (Lipinski definition) is 4. The molecular formula is C14H26N2O2. The van der Waals surface area contributed by atoms with Crippen LogP contribution in [0.4, 0.5) is 0 Å². The predicted molar refractivity (Wildman–Crippen MR) is 71.2 cm³/mol. The standard InChI is InChI=1S/C14H26N2O2/c1-18-14(17)13-9-12(15)7-8-16(13)10-11-5-3-2-4-6-11/h11-13H,2-10,15H2,1H3/t12-,13?/m1/s1. The monoisotopic (exact) mass is 254 g/mol. The zero-order valence-electron chi connectivity index (χ0n) is 11.4. The Kier molecular flexibility index (Phi) is 5.01. The first-order valence-corrected chi connectivity index (χ1v) is 7.28. The molecule has 0 spiro atoms. The van der Waals surface area contributed by atoms with Gasteiger partial charge in [-0.15, -0.1) is 0 Å². The highest BCUT2D eigenvalue weighted by atomic mass is 16.5. The quantitative estimate of drug-likeness (QED) is 0.776. The highest BCUT2D eigenvalue weighted by Gasteiger charge is 2.34. The summed E-state index contributed by atoms with van der Waals surface area (Å²) in [5, 5.41) is 0. The van der Waals surface area contributed by atoms with Crippen LogP contribution in [0.15, 0.2) is 0 Å². The molecule has 2 N–H and O–H groups in total. The van der Waals surface area contributed by atoms with E-state index in [9.17, 15) is 4.79 Å². The number of carbonyl (C=O) groups excluding carboxylic acids is 1. The molecule has 1 saturated carbocycles. The van der Waals surface area contributed by atoms with Gasteiger partial charge in [-0.2, -0.15) is 0 Å². The van der Waals surface area contributed by atoms with Crippen molar-refractivity contribution in [1.82, 2.24) is 4.90 Å². The largest absolute Gasteiger partial charge is 0.468 e. The first-order valence-electron chi connectivity index (χ1n) is 7.28. The van der Waals surface area contributed by atoms with Crippen molar-refractivity contribution >= 4 is 5.97 Å². The van der Waals surface area contributed by atoms with Gasteiger partial charge in [0.2, 0.25) is 0 Å².